The number of ether oxygens (including phenoxy) is 3. The number of nitrogens with zero attached hydrogens (tertiary/aromatic N) is 2. The Labute approximate surface area is 221 Å². The van der Waals surface area contributed by atoms with Crippen molar-refractivity contribution in [2.75, 3.05) is 25.1 Å². The smallest absolute Gasteiger partial charge is 0.423 e. The molecule has 0 aliphatic heterocycles. The molecule has 11 nitrogen and oxygen atoms in total. The van der Waals surface area contributed by atoms with Crippen LogP contribution >= 0.6 is 0 Å². The van der Waals surface area contributed by atoms with Crippen LogP contribution in [0.2, 0.25) is 25.7 Å². The number of halogens is 3. The van der Waals surface area contributed by atoms with Crippen LogP contribution in [0, 0.1) is 0 Å². The third kappa shape index (κ3) is 13.2. The second-order valence-electron chi connectivity index (χ2n) is 11.1. The molecule has 0 aliphatic rings. The van der Waals surface area contributed by atoms with Crippen LogP contribution in [-0.2, 0) is 31.9 Å². The van der Waals surface area contributed by atoms with Crippen molar-refractivity contribution >= 4 is 25.8 Å². The van der Waals surface area contributed by atoms with Crippen molar-refractivity contribution in [2.45, 2.75) is 90.4 Å². The van der Waals surface area contributed by atoms with E-state index in [1.165, 1.54) is 6.92 Å². The largest absolute Gasteiger partial charge is 0.481 e. The molecule has 2 atom stereocenters. The van der Waals surface area contributed by atoms with Gasteiger partial charge in [-0.3, -0.25) is 9.59 Å². The Morgan fingerprint density at radius 3 is 2.32 bits per heavy atom. The van der Waals surface area contributed by atoms with Crippen molar-refractivity contribution in [1.82, 2.24) is 15.1 Å². The average Bonchev–Trinajstić information content (AvgIpc) is 2.68. The summed E-state index contributed by atoms with van der Waals surface area (Å²) < 4.78 is 57.8. The van der Waals surface area contributed by atoms with E-state index in [-0.39, 0.29) is 13.2 Å². The van der Waals surface area contributed by atoms with Crippen LogP contribution in [0.3, 0.4) is 0 Å². The first-order chi connectivity index (χ1) is 17.3. The molecule has 1 aromatic rings. The van der Waals surface area contributed by atoms with Gasteiger partial charge in [-0.1, -0.05) is 19.6 Å². The van der Waals surface area contributed by atoms with Gasteiger partial charge in [0, 0.05) is 20.7 Å². The zero-order valence-electron chi connectivity index (χ0n) is 22.9. The SMILES string of the molecule is C[C@@H](COCC(CC(=O)O)NC(=O)OC(C)(C)C)Nc1cnn(COCC[Si](C)(C)C)c(=O)c1C(F)(F)F. The van der Waals surface area contributed by atoms with E-state index < -0.39 is 74.0 Å². The highest BCUT2D eigenvalue weighted by Crippen LogP contribution is 2.32. The zero-order chi connectivity index (χ0) is 29.3. The highest BCUT2D eigenvalue weighted by Gasteiger charge is 2.38. The van der Waals surface area contributed by atoms with E-state index in [1.807, 2.05) is 0 Å². The third-order valence-electron chi connectivity index (χ3n) is 4.77. The third-order valence-corrected chi connectivity index (χ3v) is 6.47. The van der Waals surface area contributed by atoms with Crippen LogP contribution in [0.4, 0.5) is 23.7 Å². The van der Waals surface area contributed by atoms with E-state index in [0.717, 1.165) is 12.2 Å². The summed E-state index contributed by atoms with van der Waals surface area (Å²) in [7, 11) is -1.41. The summed E-state index contributed by atoms with van der Waals surface area (Å²) in [6, 6.07) is -0.883. The highest BCUT2D eigenvalue weighted by atomic mass is 28.3. The monoisotopic (exact) mass is 568 g/mol. The number of carbonyl (C=O) groups excluding carboxylic acids is 1. The number of hydrogen-bond donors (Lipinski definition) is 3. The predicted octanol–water partition coefficient (Wildman–Crippen LogP) is 3.76. The minimum atomic E-state index is -4.95. The molecule has 1 heterocycles. The molecule has 1 rings (SSSR count). The molecule has 1 unspecified atom stereocenters. The lowest BCUT2D eigenvalue weighted by Gasteiger charge is -2.24. The van der Waals surface area contributed by atoms with E-state index in [2.05, 4.69) is 35.4 Å². The quantitative estimate of drug-likeness (QED) is 0.226. The number of alkyl carbamates (subject to hydrolysis) is 1. The van der Waals surface area contributed by atoms with Gasteiger partial charge in [0.05, 0.1) is 37.6 Å². The number of carboxylic acids is 1. The first-order valence-electron chi connectivity index (χ1n) is 12.1. The first-order valence-corrected chi connectivity index (χ1v) is 15.8. The molecule has 0 bridgehead atoms. The van der Waals surface area contributed by atoms with Crippen molar-refractivity contribution in [3.8, 4) is 0 Å². The molecule has 1 aromatic heterocycles. The van der Waals surface area contributed by atoms with Gasteiger partial charge in [0.15, 0.2) is 0 Å². The Bertz CT molecular complexity index is 991. The van der Waals surface area contributed by atoms with Gasteiger partial charge in [-0.05, 0) is 33.7 Å². The predicted molar refractivity (Wildman–Crippen MR) is 137 cm³/mol. The fourth-order valence-corrected chi connectivity index (χ4v) is 3.78. The maximum absolute atomic E-state index is 13.7. The van der Waals surface area contributed by atoms with Gasteiger partial charge < -0.3 is 30.0 Å². The summed E-state index contributed by atoms with van der Waals surface area (Å²) in [6.07, 6.45) is -5.33. The topological polar surface area (TPSA) is 141 Å². The first kappa shape index (κ1) is 33.4. The lowest BCUT2D eigenvalue weighted by atomic mass is 10.2. The fourth-order valence-electron chi connectivity index (χ4n) is 3.02. The second-order valence-corrected chi connectivity index (χ2v) is 16.7. The maximum atomic E-state index is 13.7. The molecule has 0 fully saturated rings. The van der Waals surface area contributed by atoms with Gasteiger partial charge in [0.1, 0.15) is 17.9 Å². The van der Waals surface area contributed by atoms with Crippen LogP contribution in [0.25, 0.3) is 0 Å². The number of aliphatic carboxylic acids is 1. The second kappa shape index (κ2) is 13.9. The molecule has 0 aromatic carbocycles. The van der Waals surface area contributed by atoms with Gasteiger partial charge in [-0.2, -0.15) is 18.3 Å². The molecule has 15 heteroatoms. The molecule has 0 aliphatic carbocycles. The number of amides is 1. The Hall–Kier alpha value is -2.65. The van der Waals surface area contributed by atoms with Gasteiger partial charge in [-0.15, -0.1) is 0 Å². The number of nitrogens with one attached hydrogen (secondary N) is 2. The summed E-state index contributed by atoms with van der Waals surface area (Å²) >= 11 is 0. The van der Waals surface area contributed by atoms with Gasteiger partial charge in [-0.25, -0.2) is 9.48 Å². The summed E-state index contributed by atoms with van der Waals surface area (Å²) in [5.74, 6) is -1.19. The molecular weight excluding hydrogens is 529 g/mol. The van der Waals surface area contributed by atoms with E-state index in [4.69, 9.17) is 19.3 Å². The van der Waals surface area contributed by atoms with Gasteiger partial charge in [0.25, 0.3) is 5.56 Å². The van der Waals surface area contributed by atoms with Gasteiger partial charge in [0.2, 0.25) is 0 Å². The lowest BCUT2D eigenvalue weighted by Crippen LogP contribution is -2.43. The molecule has 0 saturated heterocycles. The van der Waals surface area contributed by atoms with Crippen LogP contribution < -0.4 is 16.2 Å². The summed E-state index contributed by atoms with van der Waals surface area (Å²) in [4.78, 5) is 35.6. The summed E-state index contributed by atoms with van der Waals surface area (Å²) in [5, 5.41) is 17.9. The lowest BCUT2D eigenvalue weighted by molar-refractivity contribution is -0.139. The molecular formula is C23H39F3N4O7Si. The van der Waals surface area contributed by atoms with Crippen molar-refractivity contribution in [1.29, 1.82) is 0 Å². The van der Waals surface area contributed by atoms with Crippen molar-refractivity contribution in [3.05, 3.63) is 22.1 Å². The molecule has 0 spiro atoms. The number of carbonyl (C=O) groups is 2. The molecule has 1 amide bonds. The molecule has 0 saturated carbocycles. The van der Waals surface area contributed by atoms with Gasteiger partial charge >= 0.3 is 18.2 Å². The molecule has 218 valence electrons. The highest BCUT2D eigenvalue weighted by molar-refractivity contribution is 6.76. The number of alkyl halides is 3. The van der Waals surface area contributed by atoms with Crippen LogP contribution in [0.1, 0.15) is 39.7 Å². The number of hydrogen-bond acceptors (Lipinski definition) is 8. The minimum absolute atomic E-state index is 0.160. The average molecular weight is 569 g/mol. The summed E-state index contributed by atoms with van der Waals surface area (Å²) in [6.45, 7) is 12.3. The molecule has 0 radical (unpaired) electrons. The van der Waals surface area contributed by atoms with Crippen LogP contribution in [0.5, 0.6) is 0 Å². The van der Waals surface area contributed by atoms with Crippen LogP contribution in [-0.4, -0.2) is 72.5 Å². The number of carboxylic acid groups (broad SMARTS) is 1. The van der Waals surface area contributed by atoms with E-state index >= 15 is 0 Å². The Morgan fingerprint density at radius 1 is 1.16 bits per heavy atom. The van der Waals surface area contributed by atoms with Crippen molar-refractivity contribution in [3.63, 3.8) is 0 Å². The zero-order valence-corrected chi connectivity index (χ0v) is 23.9. The van der Waals surface area contributed by atoms with Crippen molar-refractivity contribution in [2.24, 2.45) is 0 Å². The Balaban J connectivity index is 2.83. The molecule has 38 heavy (non-hydrogen) atoms. The van der Waals surface area contributed by atoms with E-state index in [9.17, 15) is 27.6 Å². The molecule has 3 N–H and O–H groups in total. The van der Waals surface area contributed by atoms with E-state index in [1.54, 1.807) is 20.8 Å². The maximum Gasteiger partial charge on any atom is 0.423 e. The van der Waals surface area contributed by atoms with Crippen molar-refractivity contribution < 1.29 is 42.1 Å². The Morgan fingerprint density at radius 2 is 1.79 bits per heavy atom. The minimum Gasteiger partial charge on any atom is -0.481 e. The number of aromatic nitrogens is 2. The standard InChI is InChI=1S/C23H39F3N4O7Si/c1-15(12-36-13-16(10-18(31)32)29-21(34)37-22(2,3)4)28-17-11-27-30(14-35-8-9-38(5,6)7)20(33)19(17)23(24,25)26/h11,15-16,28H,8-10,12-14H2,1-7H3,(H,29,34)(H,31,32)/t15-,16?/m0/s1. The van der Waals surface area contributed by atoms with Crippen LogP contribution in [0.15, 0.2) is 11.0 Å². The normalized spacial score (nSPS) is 14.1. The summed E-state index contributed by atoms with van der Waals surface area (Å²) in [5.41, 5.74) is -4.07. The Kier molecular flexibility index (Phi) is 12.2. The fraction of sp³-hybridized carbons (Fsp3) is 0.739. The van der Waals surface area contributed by atoms with E-state index in [0.29, 0.717) is 11.3 Å². The number of rotatable bonds is 14. The number of anilines is 1.